The van der Waals surface area contributed by atoms with Crippen molar-refractivity contribution in [3.8, 4) is 89.8 Å². The first-order chi connectivity index (χ1) is 41.6. The molecule has 0 unspecified atom stereocenters. The second kappa shape index (κ2) is 20.5. The van der Waals surface area contributed by atoms with E-state index in [9.17, 15) is 0 Å². The largest absolute Gasteiger partial charge is 0.310 e. The lowest BCUT2D eigenvalue weighted by atomic mass is 9.70. The number of allylic oxidation sites excluding steroid dienone is 4. The summed E-state index contributed by atoms with van der Waals surface area (Å²) in [5, 5.41) is 0. The summed E-state index contributed by atoms with van der Waals surface area (Å²) in [5.74, 6) is 2.25. The van der Waals surface area contributed by atoms with Crippen molar-refractivity contribution in [1.29, 1.82) is 0 Å². The molecule has 0 amide bonds. The SMILES string of the molecule is CC=CC(=CC(C)C)c1ccc(N(c2cccc(-c3cccc(-c4nc(-c5cccc(-c6ccccc6)c5)nc(-c5ccc6c(c5)C5(c7ccccc7-c7ccccc75)c5ccccc5-6)n4)c3)c2)c2ccc3c(c2)C(C)(C)c2ccccc2-3)cc1. The molecule has 0 saturated carbocycles. The van der Waals surface area contributed by atoms with Gasteiger partial charge in [0.05, 0.1) is 5.41 Å². The molecule has 15 rings (SSSR count). The Morgan fingerprint density at radius 3 is 1.35 bits per heavy atom. The van der Waals surface area contributed by atoms with Crippen LogP contribution in [0.1, 0.15) is 73.6 Å². The Kier molecular flexibility index (Phi) is 12.5. The van der Waals surface area contributed by atoms with Gasteiger partial charge in [0.1, 0.15) is 0 Å². The number of rotatable bonds is 11. The molecule has 85 heavy (non-hydrogen) atoms. The van der Waals surface area contributed by atoms with E-state index in [2.05, 4.69) is 319 Å². The first kappa shape index (κ1) is 51.6. The van der Waals surface area contributed by atoms with E-state index < -0.39 is 5.41 Å². The van der Waals surface area contributed by atoms with Crippen molar-refractivity contribution in [1.82, 2.24) is 15.0 Å². The van der Waals surface area contributed by atoms with Gasteiger partial charge < -0.3 is 4.90 Å². The molecule has 0 atom stereocenters. The van der Waals surface area contributed by atoms with Crippen LogP contribution in [0.5, 0.6) is 0 Å². The molecule has 0 radical (unpaired) electrons. The lowest BCUT2D eigenvalue weighted by Gasteiger charge is -2.30. The lowest BCUT2D eigenvalue weighted by Crippen LogP contribution is -2.25. The molecule has 1 spiro atoms. The molecule has 4 nitrogen and oxygen atoms in total. The molecule has 12 aromatic rings. The molecule has 0 bridgehead atoms. The zero-order valence-electron chi connectivity index (χ0n) is 48.4. The van der Waals surface area contributed by atoms with Crippen molar-refractivity contribution in [2.75, 3.05) is 4.90 Å². The van der Waals surface area contributed by atoms with Crippen LogP contribution in [0.3, 0.4) is 0 Å². The average molecular weight is 1090 g/mol. The monoisotopic (exact) mass is 1090 g/mol. The normalized spacial score (nSPS) is 13.8. The maximum absolute atomic E-state index is 5.48. The predicted molar refractivity (Wildman–Crippen MR) is 353 cm³/mol. The molecule has 3 aliphatic rings. The van der Waals surface area contributed by atoms with Crippen LogP contribution in [0.15, 0.2) is 279 Å². The maximum atomic E-state index is 5.48. The second-order valence-electron chi connectivity index (χ2n) is 23.7. The molecule has 0 saturated heterocycles. The molecule has 4 heteroatoms. The fourth-order valence-corrected chi connectivity index (χ4v) is 14.0. The standard InChI is InChI=1S/C81H62N4/c1-6-21-55(46-52(2)3)54-38-41-62(42-39-54)85(64-43-45-69-65-30-10-14-34-71(65)80(4,5)75(69)51-64)63-29-20-26-58(49-63)57-25-19-28-60(48-57)78-82-77(59-27-18-24-56(47-59)53-22-8-7-9-23-53)83-79(84-78)61-40-44-70-68-33-13-17-37-74(68)81(76(70)50-61)72-35-15-11-31-66(72)67-32-12-16-36-73(67)81/h6-52H,1-5H3. The van der Waals surface area contributed by atoms with Gasteiger partial charge in [-0.05, 0) is 168 Å². The van der Waals surface area contributed by atoms with Crippen LogP contribution in [0.2, 0.25) is 0 Å². The Bertz CT molecular complexity index is 4610. The van der Waals surface area contributed by atoms with Crippen LogP contribution in [-0.2, 0) is 10.8 Å². The lowest BCUT2D eigenvalue weighted by molar-refractivity contribution is 0.660. The van der Waals surface area contributed by atoms with Gasteiger partial charge in [0.15, 0.2) is 17.5 Å². The Labute approximate surface area is 498 Å². The van der Waals surface area contributed by atoms with Crippen LogP contribution in [0.4, 0.5) is 17.1 Å². The number of hydrogen-bond acceptors (Lipinski definition) is 4. The fourth-order valence-electron chi connectivity index (χ4n) is 14.0. The Hall–Kier alpha value is -10.3. The number of aromatic nitrogens is 3. The van der Waals surface area contributed by atoms with Crippen molar-refractivity contribution in [2.45, 2.75) is 45.4 Å². The smallest absolute Gasteiger partial charge is 0.164 e. The summed E-state index contributed by atoms with van der Waals surface area (Å²) >= 11 is 0. The van der Waals surface area contributed by atoms with Crippen LogP contribution in [0, 0.1) is 5.92 Å². The van der Waals surface area contributed by atoms with Crippen molar-refractivity contribution >= 4 is 22.6 Å². The quantitative estimate of drug-likeness (QED) is 0.121. The van der Waals surface area contributed by atoms with Gasteiger partial charge in [0.2, 0.25) is 0 Å². The molecule has 0 fully saturated rings. The number of fused-ring (bicyclic) bond motifs is 13. The third-order valence-corrected chi connectivity index (χ3v) is 17.8. The minimum absolute atomic E-state index is 0.161. The third-order valence-electron chi connectivity index (χ3n) is 17.8. The van der Waals surface area contributed by atoms with E-state index in [-0.39, 0.29) is 5.41 Å². The molecule has 406 valence electrons. The van der Waals surface area contributed by atoms with Gasteiger partial charge in [-0.25, -0.2) is 15.0 Å². The van der Waals surface area contributed by atoms with Gasteiger partial charge in [-0.15, -0.1) is 0 Å². The van der Waals surface area contributed by atoms with E-state index in [4.69, 9.17) is 15.0 Å². The topological polar surface area (TPSA) is 41.9 Å². The summed E-state index contributed by atoms with van der Waals surface area (Å²) in [4.78, 5) is 18.7. The minimum atomic E-state index is -0.511. The van der Waals surface area contributed by atoms with Gasteiger partial charge in [-0.1, -0.05) is 252 Å². The number of benzene rings is 11. The molecule has 1 aromatic heterocycles. The highest BCUT2D eigenvalue weighted by molar-refractivity contribution is 5.96. The third kappa shape index (κ3) is 8.54. The maximum Gasteiger partial charge on any atom is 0.164 e. The molecular weight excluding hydrogens is 1030 g/mol. The first-order valence-electron chi connectivity index (χ1n) is 29.7. The number of anilines is 3. The highest BCUT2D eigenvalue weighted by Crippen LogP contribution is 2.63. The highest BCUT2D eigenvalue weighted by Gasteiger charge is 2.51. The van der Waals surface area contributed by atoms with Gasteiger partial charge in [0.25, 0.3) is 0 Å². The Morgan fingerprint density at radius 1 is 0.353 bits per heavy atom. The van der Waals surface area contributed by atoms with Gasteiger partial charge >= 0.3 is 0 Å². The first-order valence-corrected chi connectivity index (χ1v) is 29.7. The predicted octanol–water partition coefficient (Wildman–Crippen LogP) is 20.9. The summed E-state index contributed by atoms with van der Waals surface area (Å²) in [5.41, 5.74) is 27.5. The van der Waals surface area contributed by atoms with Gasteiger partial charge in [-0.3, -0.25) is 0 Å². The summed E-state index contributed by atoms with van der Waals surface area (Å²) < 4.78 is 0. The van der Waals surface area contributed by atoms with E-state index in [0.717, 1.165) is 56.0 Å². The van der Waals surface area contributed by atoms with Crippen LogP contribution in [0.25, 0.3) is 95.4 Å². The number of hydrogen-bond donors (Lipinski definition) is 0. The van der Waals surface area contributed by atoms with Gasteiger partial charge in [0, 0.05) is 39.2 Å². The molecule has 11 aromatic carbocycles. The fraction of sp³-hybridized carbons (Fsp3) is 0.0988. The zero-order valence-corrected chi connectivity index (χ0v) is 48.4. The molecule has 1 heterocycles. The van der Waals surface area contributed by atoms with Crippen LogP contribution < -0.4 is 4.90 Å². The Balaban J connectivity index is 0.866. The molecule has 0 N–H and O–H groups in total. The van der Waals surface area contributed by atoms with E-state index in [1.54, 1.807) is 0 Å². The van der Waals surface area contributed by atoms with Crippen molar-refractivity contribution in [3.05, 3.63) is 318 Å². The van der Waals surface area contributed by atoms with E-state index in [1.165, 1.54) is 77.9 Å². The summed E-state index contributed by atoms with van der Waals surface area (Å²) in [6.07, 6.45) is 6.67. The zero-order chi connectivity index (χ0) is 57.4. The van der Waals surface area contributed by atoms with Crippen LogP contribution >= 0.6 is 0 Å². The Morgan fingerprint density at radius 2 is 0.776 bits per heavy atom. The van der Waals surface area contributed by atoms with E-state index in [0.29, 0.717) is 23.4 Å². The summed E-state index contributed by atoms with van der Waals surface area (Å²) in [7, 11) is 0. The summed E-state index contributed by atoms with van der Waals surface area (Å²) in [6.45, 7) is 11.3. The minimum Gasteiger partial charge on any atom is -0.310 e. The molecular formula is C81H62N4. The van der Waals surface area contributed by atoms with Crippen molar-refractivity contribution in [3.63, 3.8) is 0 Å². The average Bonchev–Trinajstić information content (AvgIpc) is 1.54. The summed E-state index contributed by atoms with van der Waals surface area (Å²) in [6, 6.07) is 95.4. The molecule has 0 aliphatic heterocycles. The van der Waals surface area contributed by atoms with Crippen LogP contribution in [-0.4, -0.2) is 15.0 Å². The van der Waals surface area contributed by atoms with Crippen molar-refractivity contribution < 1.29 is 0 Å². The number of nitrogens with zero attached hydrogens (tertiary/aromatic N) is 4. The highest BCUT2D eigenvalue weighted by atomic mass is 15.1. The van der Waals surface area contributed by atoms with E-state index in [1.807, 2.05) is 0 Å². The van der Waals surface area contributed by atoms with Crippen molar-refractivity contribution in [2.24, 2.45) is 5.92 Å². The van der Waals surface area contributed by atoms with Gasteiger partial charge in [-0.2, -0.15) is 0 Å². The molecule has 3 aliphatic carbocycles. The van der Waals surface area contributed by atoms with E-state index >= 15 is 0 Å². The second-order valence-corrected chi connectivity index (χ2v) is 23.7.